The van der Waals surface area contributed by atoms with Gasteiger partial charge in [-0.25, -0.2) is 4.98 Å². The summed E-state index contributed by atoms with van der Waals surface area (Å²) in [5.74, 6) is 0.541. The molecule has 1 aromatic heterocycles. The first-order valence-electron chi connectivity index (χ1n) is 7.87. The minimum atomic E-state index is -0.120. The summed E-state index contributed by atoms with van der Waals surface area (Å²) in [5, 5.41) is 6.26. The Morgan fingerprint density at radius 3 is 2.95 bits per heavy atom. The highest BCUT2D eigenvalue weighted by Crippen LogP contribution is 2.35. The summed E-state index contributed by atoms with van der Waals surface area (Å²) in [6, 6.07) is 0.246. The number of amides is 1. The molecular weight excluding hydrogens is 264 g/mol. The van der Waals surface area contributed by atoms with Gasteiger partial charge in [-0.05, 0) is 31.1 Å². The van der Waals surface area contributed by atoms with E-state index in [0.29, 0.717) is 16.9 Å². The summed E-state index contributed by atoms with van der Waals surface area (Å²) in [6.45, 7) is 7.44. The van der Waals surface area contributed by atoms with E-state index in [1.54, 1.807) is 6.20 Å². The van der Waals surface area contributed by atoms with Gasteiger partial charge in [0.2, 0.25) is 0 Å². The summed E-state index contributed by atoms with van der Waals surface area (Å²) < 4.78 is 0. The fourth-order valence-electron chi connectivity index (χ4n) is 2.89. The number of rotatable bonds is 5. The van der Waals surface area contributed by atoms with Crippen molar-refractivity contribution in [1.82, 2.24) is 15.3 Å². The third-order valence-electron chi connectivity index (χ3n) is 3.96. The van der Waals surface area contributed by atoms with E-state index in [-0.39, 0.29) is 11.9 Å². The van der Waals surface area contributed by atoms with Crippen molar-refractivity contribution in [2.75, 3.05) is 11.9 Å². The van der Waals surface area contributed by atoms with Crippen LogP contribution in [0.15, 0.2) is 12.4 Å². The molecule has 1 aromatic rings. The Morgan fingerprint density at radius 1 is 1.43 bits per heavy atom. The van der Waals surface area contributed by atoms with Gasteiger partial charge in [0, 0.05) is 12.6 Å². The topological polar surface area (TPSA) is 66.9 Å². The molecule has 0 radical (unpaired) electrons. The second-order valence-electron chi connectivity index (χ2n) is 6.65. The van der Waals surface area contributed by atoms with Crippen molar-refractivity contribution in [2.45, 2.75) is 58.9 Å². The number of carbonyl (C=O) groups excluding carboxylic acids is 1. The van der Waals surface area contributed by atoms with Gasteiger partial charge < -0.3 is 10.6 Å². The van der Waals surface area contributed by atoms with E-state index in [4.69, 9.17) is 0 Å². The van der Waals surface area contributed by atoms with Crippen LogP contribution in [0.1, 0.15) is 63.4 Å². The quantitative estimate of drug-likeness (QED) is 0.875. The van der Waals surface area contributed by atoms with Crippen LogP contribution in [0.4, 0.5) is 5.82 Å². The molecule has 1 amide bonds. The SMILES string of the molecule is CCCNc1cncc(C(=O)NC2CCCC(C)(C)C2)n1. The predicted molar refractivity (Wildman–Crippen MR) is 84.3 cm³/mol. The van der Waals surface area contributed by atoms with Crippen molar-refractivity contribution in [3.05, 3.63) is 18.1 Å². The van der Waals surface area contributed by atoms with Crippen molar-refractivity contribution >= 4 is 11.7 Å². The molecule has 0 saturated heterocycles. The number of aromatic nitrogens is 2. The molecule has 0 spiro atoms. The number of nitrogens with zero attached hydrogens (tertiary/aromatic N) is 2. The molecule has 1 unspecified atom stereocenters. The van der Waals surface area contributed by atoms with Crippen LogP contribution < -0.4 is 10.6 Å². The second-order valence-corrected chi connectivity index (χ2v) is 6.65. The van der Waals surface area contributed by atoms with E-state index in [0.717, 1.165) is 25.8 Å². The average molecular weight is 290 g/mol. The second kappa shape index (κ2) is 6.87. The molecule has 1 aliphatic carbocycles. The molecule has 1 aliphatic rings. The van der Waals surface area contributed by atoms with Crippen molar-refractivity contribution in [3.8, 4) is 0 Å². The third-order valence-corrected chi connectivity index (χ3v) is 3.96. The molecule has 116 valence electrons. The first-order valence-corrected chi connectivity index (χ1v) is 7.87. The van der Waals surface area contributed by atoms with Crippen LogP contribution in [0.3, 0.4) is 0 Å². The molecule has 2 rings (SSSR count). The van der Waals surface area contributed by atoms with Crippen molar-refractivity contribution in [2.24, 2.45) is 5.41 Å². The van der Waals surface area contributed by atoms with Gasteiger partial charge in [-0.1, -0.05) is 27.2 Å². The zero-order valence-electron chi connectivity index (χ0n) is 13.3. The maximum absolute atomic E-state index is 12.3. The van der Waals surface area contributed by atoms with Crippen LogP contribution >= 0.6 is 0 Å². The van der Waals surface area contributed by atoms with Crippen molar-refractivity contribution in [1.29, 1.82) is 0 Å². The molecule has 0 aliphatic heterocycles. The molecule has 5 nitrogen and oxygen atoms in total. The Morgan fingerprint density at radius 2 is 2.24 bits per heavy atom. The maximum Gasteiger partial charge on any atom is 0.271 e. The highest BCUT2D eigenvalue weighted by Gasteiger charge is 2.29. The minimum absolute atomic E-state index is 0.120. The molecule has 21 heavy (non-hydrogen) atoms. The molecular formula is C16H26N4O. The largest absolute Gasteiger partial charge is 0.369 e. The number of nitrogens with one attached hydrogen (secondary N) is 2. The van der Waals surface area contributed by atoms with Crippen LogP contribution in [0.2, 0.25) is 0 Å². The monoisotopic (exact) mass is 290 g/mol. The molecule has 0 aromatic carbocycles. The van der Waals surface area contributed by atoms with E-state index >= 15 is 0 Å². The number of hydrogen-bond donors (Lipinski definition) is 2. The van der Waals surface area contributed by atoms with Gasteiger partial charge >= 0.3 is 0 Å². The smallest absolute Gasteiger partial charge is 0.271 e. The van der Waals surface area contributed by atoms with Gasteiger partial charge in [0.1, 0.15) is 11.5 Å². The Labute approximate surface area is 127 Å². The number of hydrogen-bond acceptors (Lipinski definition) is 4. The van der Waals surface area contributed by atoms with E-state index in [2.05, 4.69) is 41.4 Å². The van der Waals surface area contributed by atoms with Crippen molar-refractivity contribution in [3.63, 3.8) is 0 Å². The van der Waals surface area contributed by atoms with E-state index in [1.807, 2.05) is 0 Å². The van der Waals surface area contributed by atoms with Crippen LogP contribution in [-0.2, 0) is 0 Å². The molecule has 5 heteroatoms. The van der Waals surface area contributed by atoms with Crippen LogP contribution in [0.25, 0.3) is 0 Å². The van der Waals surface area contributed by atoms with Gasteiger partial charge in [-0.3, -0.25) is 9.78 Å². The molecule has 0 bridgehead atoms. The lowest BCUT2D eigenvalue weighted by Crippen LogP contribution is -2.41. The van der Waals surface area contributed by atoms with Gasteiger partial charge in [0.15, 0.2) is 0 Å². The zero-order valence-corrected chi connectivity index (χ0v) is 13.3. The molecule has 1 saturated carbocycles. The minimum Gasteiger partial charge on any atom is -0.369 e. The number of carbonyl (C=O) groups is 1. The molecule has 1 atom stereocenters. The molecule has 2 N–H and O–H groups in total. The third kappa shape index (κ3) is 4.69. The summed E-state index contributed by atoms with van der Waals surface area (Å²) in [4.78, 5) is 20.7. The van der Waals surface area contributed by atoms with Gasteiger partial charge in [0.05, 0.1) is 12.4 Å². The lowest BCUT2D eigenvalue weighted by atomic mass is 9.75. The van der Waals surface area contributed by atoms with Crippen LogP contribution in [0, 0.1) is 5.41 Å². The van der Waals surface area contributed by atoms with E-state index < -0.39 is 0 Å². The lowest BCUT2D eigenvalue weighted by molar-refractivity contribution is 0.0897. The normalized spacial score (nSPS) is 20.8. The van der Waals surface area contributed by atoms with E-state index in [9.17, 15) is 4.79 Å². The van der Waals surface area contributed by atoms with E-state index in [1.165, 1.54) is 19.0 Å². The Balaban J connectivity index is 1.96. The standard InChI is InChI=1S/C16H26N4O/c1-4-8-18-14-11-17-10-13(20-14)15(21)19-12-6-5-7-16(2,3)9-12/h10-12H,4-9H2,1-3H3,(H,18,20)(H,19,21). The fraction of sp³-hybridized carbons (Fsp3) is 0.688. The zero-order chi connectivity index (χ0) is 15.3. The average Bonchev–Trinajstić information content (AvgIpc) is 2.44. The maximum atomic E-state index is 12.3. The van der Waals surface area contributed by atoms with Gasteiger partial charge in [-0.2, -0.15) is 0 Å². The summed E-state index contributed by atoms with van der Waals surface area (Å²) in [5.41, 5.74) is 0.700. The fourth-order valence-corrected chi connectivity index (χ4v) is 2.89. The van der Waals surface area contributed by atoms with Crippen molar-refractivity contribution < 1.29 is 4.79 Å². The Kier molecular flexibility index (Phi) is 5.15. The Hall–Kier alpha value is -1.65. The summed E-state index contributed by atoms with van der Waals surface area (Å²) >= 11 is 0. The Bertz CT molecular complexity index is 487. The predicted octanol–water partition coefficient (Wildman–Crippen LogP) is 3.00. The summed E-state index contributed by atoms with van der Waals surface area (Å²) in [6.07, 6.45) is 8.67. The molecule has 1 heterocycles. The van der Waals surface area contributed by atoms with Crippen LogP contribution in [0.5, 0.6) is 0 Å². The molecule has 1 fully saturated rings. The summed E-state index contributed by atoms with van der Waals surface area (Å²) in [7, 11) is 0. The first kappa shape index (κ1) is 15.7. The van der Waals surface area contributed by atoms with Gasteiger partial charge in [-0.15, -0.1) is 0 Å². The van der Waals surface area contributed by atoms with Gasteiger partial charge in [0.25, 0.3) is 5.91 Å². The lowest BCUT2D eigenvalue weighted by Gasteiger charge is -2.35. The highest BCUT2D eigenvalue weighted by molar-refractivity contribution is 5.92. The number of anilines is 1. The first-order chi connectivity index (χ1) is 10.00. The van der Waals surface area contributed by atoms with Crippen LogP contribution in [-0.4, -0.2) is 28.5 Å². The highest BCUT2D eigenvalue weighted by atomic mass is 16.1.